The maximum atomic E-state index is 11.3. The van der Waals surface area contributed by atoms with E-state index in [0.29, 0.717) is 5.75 Å². The van der Waals surface area contributed by atoms with Gasteiger partial charge < -0.3 is 14.8 Å². The summed E-state index contributed by atoms with van der Waals surface area (Å²) < 4.78 is 5.27. The highest BCUT2D eigenvalue weighted by Gasteiger charge is 2.02. The van der Waals surface area contributed by atoms with Crippen LogP contribution < -0.4 is 10.3 Å². The highest BCUT2D eigenvalue weighted by molar-refractivity contribution is 5.29. The molecule has 2 rings (SSSR count). The zero-order chi connectivity index (χ0) is 11.4. The molecule has 0 radical (unpaired) electrons. The number of aliphatic hydroxyl groups excluding tert-OH is 1. The topological polar surface area (TPSA) is 75.2 Å². The number of hydrogen-bond donors (Lipinski definition) is 2. The fourth-order valence-corrected chi connectivity index (χ4v) is 1.19. The molecule has 1 aromatic heterocycles. The second-order valence-corrected chi connectivity index (χ2v) is 3.13. The van der Waals surface area contributed by atoms with Crippen molar-refractivity contribution in [1.82, 2.24) is 9.97 Å². The molecule has 0 fully saturated rings. The van der Waals surface area contributed by atoms with Crippen LogP contribution in [0.2, 0.25) is 0 Å². The number of H-pyrrole nitrogens is 1. The fraction of sp³-hybridized carbons (Fsp3) is 0.0909. The number of aliphatic hydroxyl groups is 1. The molecule has 5 nitrogen and oxygen atoms in total. The van der Waals surface area contributed by atoms with Crippen molar-refractivity contribution in [3.8, 4) is 11.6 Å². The molecule has 0 aliphatic heterocycles. The number of nitrogens with zero attached hydrogens (tertiary/aromatic N) is 1. The van der Waals surface area contributed by atoms with Gasteiger partial charge in [0.25, 0.3) is 5.88 Å². The van der Waals surface area contributed by atoms with E-state index in [1.54, 1.807) is 24.3 Å². The van der Waals surface area contributed by atoms with Crippen molar-refractivity contribution in [2.24, 2.45) is 0 Å². The van der Waals surface area contributed by atoms with Crippen molar-refractivity contribution in [1.29, 1.82) is 0 Å². The Kier molecular flexibility index (Phi) is 2.98. The minimum Gasteiger partial charge on any atom is -0.435 e. The van der Waals surface area contributed by atoms with Crippen LogP contribution >= 0.6 is 0 Å². The molecule has 0 amide bonds. The fourth-order valence-electron chi connectivity index (χ4n) is 1.19. The van der Waals surface area contributed by atoms with Crippen LogP contribution in [0.1, 0.15) is 5.56 Å². The maximum absolute atomic E-state index is 11.3. The van der Waals surface area contributed by atoms with Crippen molar-refractivity contribution >= 4 is 0 Å². The normalized spacial score (nSPS) is 10.1. The van der Waals surface area contributed by atoms with Crippen LogP contribution in [-0.2, 0) is 6.61 Å². The van der Waals surface area contributed by atoms with Crippen molar-refractivity contribution in [2.45, 2.75) is 6.61 Å². The van der Waals surface area contributed by atoms with Crippen LogP contribution in [0.3, 0.4) is 0 Å². The first-order valence-corrected chi connectivity index (χ1v) is 4.71. The molecule has 5 heteroatoms. The van der Waals surface area contributed by atoms with E-state index < -0.39 is 0 Å². The number of ether oxygens (including phenoxy) is 1. The van der Waals surface area contributed by atoms with Gasteiger partial charge in [-0.05, 0) is 17.7 Å². The zero-order valence-corrected chi connectivity index (χ0v) is 8.38. The van der Waals surface area contributed by atoms with E-state index in [1.165, 1.54) is 12.4 Å². The van der Waals surface area contributed by atoms with Gasteiger partial charge in [-0.2, -0.15) is 0 Å². The molecular weight excluding hydrogens is 208 g/mol. The summed E-state index contributed by atoms with van der Waals surface area (Å²) in [6.07, 6.45) is 2.88. The zero-order valence-electron chi connectivity index (χ0n) is 8.38. The predicted octanol–water partition coefficient (Wildman–Crippen LogP) is 1.05. The van der Waals surface area contributed by atoms with Gasteiger partial charge in [-0.25, -0.2) is 4.98 Å². The Balaban J connectivity index is 2.21. The van der Waals surface area contributed by atoms with Gasteiger partial charge >= 0.3 is 5.56 Å². The first kappa shape index (κ1) is 10.4. The number of nitrogens with one attached hydrogen (secondary N) is 1. The van der Waals surface area contributed by atoms with Gasteiger partial charge in [0, 0.05) is 12.4 Å². The van der Waals surface area contributed by atoms with Crippen LogP contribution in [0.15, 0.2) is 41.5 Å². The molecule has 2 N–H and O–H groups in total. The lowest BCUT2D eigenvalue weighted by molar-refractivity contribution is 0.281. The maximum Gasteiger partial charge on any atom is 0.311 e. The SMILES string of the molecule is O=c1[nH]ccnc1Oc1ccc(CO)cc1. The van der Waals surface area contributed by atoms with Crippen molar-refractivity contribution in [2.75, 3.05) is 0 Å². The number of hydrogen-bond acceptors (Lipinski definition) is 4. The van der Waals surface area contributed by atoms with E-state index in [-0.39, 0.29) is 18.0 Å². The van der Waals surface area contributed by atoms with Gasteiger partial charge in [-0.3, -0.25) is 4.79 Å². The van der Waals surface area contributed by atoms with Crippen LogP contribution in [0.5, 0.6) is 11.6 Å². The largest absolute Gasteiger partial charge is 0.435 e. The molecule has 0 atom stereocenters. The Hall–Kier alpha value is -2.14. The lowest BCUT2D eigenvalue weighted by Gasteiger charge is -2.03. The summed E-state index contributed by atoms with van der Waals surface area (Å²) in [6, 6.07) is 6.76. The molecule has 0 unspecified atom stereocenters. The average molecular weight is 218 g/mol. The summed E-state index contributed by atoms with van der Waals surface area (Å²) in [5.41, 5.74) is 0.399. The van der Waals surface area contributed by atoms with E-state index in [9.17, 15) is 4.79 Å². The number of aromatic amines is 1. The van der Waals surface area contributed by atoms with Crippen molar-refractivity contribution in [3.63, 3.8) is 0 Å². The lowest BCUT2D eigenvalue weighted by atomic mass is 10.2. The Morgan fingerprint density at radius 2 is 2.06 bits per heavy atom. The van der Waals surface area contributed by atoms with Crippen LogP contribution in [0.25, 0.3) is 0 Å². The van der Waals surface area contributed by atoms with Crippen LogP contribution in [0, 0.1) is 0 Å². The monoisotopic (exact) mass is 218 g/mol. The Morgan fingerprint density at radius 1 is 1.31 bits per heavy atom. The molecule has 0 aliphatic carbocycles. The summed E-state index contributed by atoms with van der Waals surface area (Å²) in [5, 5.41) is 8.85. The smallest absolute Gasteiger partial charge is 0.311 e. The number of benzene rings is 1. The molecule has 0 saturated heterocycles. The van der Waals surface area contributed by atoms with Gasteiger partial charge in [0.1, 0.15) is 5.75 Å². The van der Waals surface area contributed by atoms with Crippen molar-refractivity contribution < 1.29 is 9.84 Å². The summed E-state index contributed by atoms with van der Waals surface area (Å²) in [5.74, 6) is 0.501. The Labute approximate surface area is 91.4 Å². The van der Waals surface area contributed by atoms with Crippen LogP contribution in [0.4, 0.5) is 0 Å². The molecule has 16 heavy (non-hydrogen) atoms. The minimum absolute atomic E-state index is 0.000696. The summed E-state index contributed by atoms with van der Waals surface area (Å²) in [6.45, 7) is -0.0234. The minimum atomic E-state index is -0.381. The van der Waals surface area contributed by atoms with E-state index >= 15 is 0 Å². The Morgan fingerprint density at radius 3 is 2.69 bits per heavy atom. The van der Waals surface area contributed by atoms with E-state index in [4.69, 9.17) is 9.84 Å². The van der Waals surface area contributed by atoms with Crippen molar-refractivity contribution in [3.05, 3.63) is 52.6 Å². The quantitative estimate of drug-likeness (QED) is 0.807. The molecule has 0 bridgehead atoms. The molecule has 1 aromatic carbocycles. The van der Waals surface area contributed by atoms with E-state index in [1.807, 2.05) is 0 Å². The van der Waals surface area contributed by atoms with Gasteiger partial charge in [-0.1, -0.05) is 12.1 Å². The molecule has 1 heterocycles. The summed E-state index contributed by atoms with van der Waals surface area (Å²) in [7, 11) is 0. The molecule has 82 valence electrons. The van der Waals surface area contributed by atoms with Gasteiger partial charge in [0.15, 0.2) is 0 Å². The third-order valence-electron chi connectivity index (χ3n) is 2.00. The molecule has 0 spiro atoms. The standard InChI is InChI=1S/C11H10N2O3/c14-7-8-1-3-9(4-2-8)16-11-10(15)12-5-6-13-11/h1-6,14H,7H2,(H,12,15). The first-order valence-electron chi connectivity index (χ1n) is 4.71. The van der Waals surface area contributed by atoms with E-state index in [0.717, 1.165) is 5.56 Å². The summed E-state index contributed by atoms with van der Waals surface area (Å²) >= 11 is 0. The second kappa shape index (κ2) is 4.59. The number of rotatable bonds is 3. The predicted molar refractivity (Wildman–Crippen MR) is 57.3 cm³/mol. The molecule has 0 aliphatic rings. The van der Waals surface area contributed by atoms with E-state index in [2.05, 4.69) is 9.97 Å². The third kappa shape index (κ3) is 2.26. The highest BCUT2D eigenvalue weighted by Crippen LogP contribution is 2.16. The van der Waals surface area contributed by atoms with Gasteiger partial charge in [0.2, 0.25) is 0 Å². The average Bonchev–Trinajstić information content (AvgIpc) is 2.33. The first-order chi connectivity index (χ1) is 7.79. The van der Waals surface area contributed by atoms with Gasteiger partial charge in [-0.15, -0.1) is 0 Å². The molecule has 2 aromatic rings. The Bertz CT molecular complexity index is 519. The second-order valence-electron chi connectivity index (χ2n) is 3.13. The molecular formula is C11H10N2O3. The lowest BCUT2D eigenvalue weighted by Crippen LogP contribution is -2.09. The highest BCUT2D eigenvalue weighted by atomic mass is 16.5. The van der Waals surface area contributed by atoms with Gasteiger partial charge in [0.05, 0.1) is 6.61 Å². The third-order valence-corrected chi connectivity index (χ3v) is 2.00. The van der Waals surface area contributed by atoms with Crippen LogP contribution in [-0.4, -0.2) is 15.1 Å². The molecule has 0 saturated carbocycles. The summed E-state index contributed by atoms with van der Waals surface area (Å²) in [4.78, 5) is 17.5. The number of aromatic nitrogens is 2.